The normalized spacial score (nSPS) is 28.5. The highest BCUT2D eigenvalue weighted by molar-refractivity contribution is 5.79. The molecule has 0 spiro atoms. The Hall–Kier alpha value is -2.04. The highest BCUT2D eigenvalue weighted by Gasteiger charge is 2.44. The second-order valence-corrected chi connectivity index (χ2v) is 7.69. The third-order valence-corrected chi connectivity index (χ3v) is 6.02. The maximum Gasteiger partial charge on any atom is 0.227 e. The molecule has 0 saturated carbocycles. The molecular weight excluding hydrogens is 316 g/mol. The molecule has 0 aliphatic carbocycles. The summed E-state index contributed by atoms with van der Waals surface area (Å²) >= 11 is 0. The van der Waals surface area contributed by atoms with Crippen LogP contribution >= 0.6 is 0 Å². The Kier molecular flexibility index (Phi) is 4.40. The minimum absolute atomic E-state index is 0.193. The van der Waals surface area contributed by atoms with E-state index in [0.717, 1.165) is 50.2 Å². The van der Waals surface area contributed by atoms with Crippen molar-refractivity contribution in [2.45, 2.75) is 38.1 Å². The Balaban J connectivity index is 1.44. The van der Waals surface area contributed by atoms with Gasteiger partial charge in [0, 0.05) is 32.1 Å². The maximum atomic E-state index is 12.8. The van der Waals surface area contributed by atoms with Gasteiger partial charge in [-0.2, -0.15) is 0 Å². The van der Waals surface area contributed by atoms with Crippen molar-refractivity contribution in [3.05, 3.63) is 29.8 Å². The van der Waals surface area contributed by atoms with Gasteiger partial charge < -0.3 is 14.5 Å². The molecule has 1 aromatic rings. The molecule has 3 aliphatic heterocycles. The van der Waals surface area contributed by atoms with Crippen LogP contribution in [-0.4, -0.2) is 54.4 Å². The van der Waals surface area contributed by atoms with E-state index in [2.05, 4.69) is 4.90 Å². The Labute approximate surface area is 148 Å². The number of rotatable bonds is 3. The van der Waals surface area contributed by atoms with Gasteiger partial charge in [-0.15, -0.1) is 0 Å². The quantitative estimate of drug-likeness (QED) is 0.845. The SMILES string of the molecule is COc1cccc(CC(=O)N2CC3CC(C2)[C@H]2CCCC(=O)N2C3)c1. The summed E-state index contributed by atoms with van der Waals surface area (Å²) in [4.78, 5) is 29.2. The fourth-order valence-electron chi connectivity index (χ4n) is 4.88. The Morgan fingerprint density at radius 1 is 1.28 bits per heavy atom. The number of methoxy groups -OCH3 is 1. The molecule has 3 aliphatic rings. The Bertz CT molecular complexity index is 675. The smallest absolute Gasteiger partial charge is 0.227 e. The van der Waals surface area contributed by atoms with Crippen molar-refractivity contribution in [2.24, 2.45) is 11.8 Å². The summed E-state index contributed by atoms with van der Waals surface area (Å²) in [5.74, 6) is 2.19. The minimum atomic E-state index is 0.193. The van der Waals surface area contributed by atoms with Gasteiger partial charge in [0.2, 0.25) is 11.8 Å². The van der Waals surface area contributed by atoms with E-state index in [1.165, 1.54) is 0 Å². The molecule has 0 radical (unpaired) electrons. The average Bonchev–Trinajstić information content (AvgIpc) is 2.62. The van der Waals surface area contributed by atoms with Crippen LogP contribution in [0.15, 0.2) is 24.3 Å². The van der Waals surface area contributed by atoms with Crippen molar-refractivity contribution in [1.29, 1.82) is 0 Å². The molecule has 3 atom stereocenters. The Morgan fingerprint density at radius 2 is 2.16 bits per heavy atom. The van der Waals surface area contributed by atoms with Crippen LogP contribution in [-0.2, 0) is 16.0 Å². The fraction of sp³-hybridized carbons (Fsp3) is 0.600. The van der Waals surface area contributed by atoms with Crippen LogP contribution in [0.4, 0.5) is 0 Å². The van der Waals surface area contributed by atoms with Crippen LogP contribution in [0.2, 0.25) is 0 Å². The number of piperidine rings is 3. The first-order chi connectivity index (χ1) is 12.1. The molecule has 134 valence electrons. The molecule has 3 heterocycles. The zero-order chi connectivity index (χ0) is 17.4. The molecule has 3 saturated heterocycles. The van der Waals surface area contributed by atoms with E-state index < -0.39 is 0 Å². The topological polar surface area (TPSA) is 49.9 Å². The molecule has 2 unspecified atom stereocenters. The van der Waals surface area contributed by atoms with Gasteiger partial charge in [0.1, 0.15) is 5.75 Å². The lowest BCUT2D eigenvalue weighted by Gasteiger charge is -2.52. The monoisotopic (exact) mass is 342 g/mol. The summed E-state index contributed by atoms with van der Waals surface area (Å²) in [6.45, 7) is 2.42. The summed E-state index contributed by atoms with van der Waals surface area (Å²) in [5, 5.41) is 0. The van der Waals surface area contributed by atoms with E-state index >= 15 is 0 Å². The lowest BCUT2D eigenvalue weighted by molar-refractivity contribution is -0.148. The van der Waals surface area contributed by atoms with Crippen molar-refractivity contribution < 1.29 is 14.3 Å². The summed E-state index contributed by atoms with van der Waals surface area (Å²) in [6.07, 6.45) is 4.38. The zero-order valence-electron chi connectivity index (χ0n) is 14.8. The molecule has 5 nitrogen and oxygen atoms in total. The van der Waals surface area contributed by atoms with Gasteiger partial charge in [-0.25, -0.2) is 0 Å². The summed E-state index contributed by atoms with van der Waals surface area (Å²) < 4.78 is 5.25. The molecule has 2 amide bonds. The first-order valence-electron chi connectivity index (χ1n) is 9.34. The number of benzene rings is 1. The van der Waals surface area contributed by atoms with E-state index in [-0.39, 0.29) is 5.91 Å². The maximum absolute atomic E-state index is 12.8. The number of likely N-dealkylation sites (tertiary alicyclic amines) is 1. The second kappa shape index (κ2) is 6.70. The first kappa shape index (κ1) is 16.4. The molecule has 3 fully saturated rings. The largest absolute Gasteiger partial charge is 0.497 e. The minimum Gasteiger partial charge on any atom is -0.497 e. The number of amides is 2. The molecular formula is C20H26N2O3. The molecule has 5 heteroatoms. The summed E-state index contributed by atoms with van der Waals surface area (Å²) in [5.41, 5.74) is 0.995. The predicted octanol–water partition coefficient (Wildman–Crippen LogP) is 2.10. The van der Waals surface area contributed by atoms with Crippen LogP contribution in [0.25, 0.3) is 0 Å². The van der Waals surface area contributed by atoms with Gasteiger partial charge in [-0.3, -0.25) is 9.59 Å². The first-order valence-corrected chi connectivity index (χ1v) is 9.34. The van der Waals surface area contributed by atoms with Crippen LogP contribution in [0.1, 0.15) is 31.2 Å². The van der Waals surface area contributed by atoms with E-state index in [1.807, 2.05) is 29.2 Å². The van der Waals surface area contributed by atoms with Crippen molar-refractivity contribution in [1.82, 2.24) is 9.80 Å². The highest BCUT2D eigenvalue weighted by atomic mass is 16.5. The van der Waals surface area contributed by atoms with Gasteiger partial charge in [0.05, 0.1) is 13.5 Å². The standard InChI is InChI=1S/C20H26N2O3/c1-25-17-5-2-4-14(9-17)10-20(24)21-11-15-8-16(13-21)18-6-3-7-19(23)22(18)12-15/h2,4-5,9,15-16,18H,3,6-8,10-13H2,1H3/t15?,16?,18-/m1/s1. The third kappa shape index (κ3) is 3.24. The Morgan fingerprint density at radius 3 is 3.00 bits per heavy atom. The second-order valence-electron chi connectivity index (χ2n) is 7.69. The molecule has 1 aromatic carbocycles. The van der Waals surface area contributed by atoms with E-state index in [0.29, 0.717) is 36.6 Å². The van der Waals surface area contributed by atoms with E-state index in [9.17, 15) is 9.59 Å². The molecule has 2 bridgehead atoms. The predicted molar refractivity (Wildman–Crippen MR) is 94.2 cm³/mol. The van der Waals surface area contributed by atoms with Gasteiger partial charge in [0.15, 0.2) is 0 Å². The summed E-state index contributed by atoms with van der Waals surface area (Å²) in [7, 11) is 1.64. The number of hydrogen-bond donors (Lipinski definition) is 0. The van der Waals surface area contributed by atoms with Gasteiger partial charge in [0.25, 0.3) is 0 Å². The number of nitrogens with zero attached hydrogens (tertiary/aromatic N) is 2. The number of carbonyl (C=O) groups is 2. The molecule has 25 heavy (non-hydrogen) atoms. The van der Waals surface area contributed by atoms with Crippen LogP contribution < -0.4 is 4.74 Å². The van der Waals surface area contributed by atoms with Crippen molar-refractivity contribution in [3.8, 4) is 5.75 Å². The van der Waals surface area contributed by atoms with Crippen molar-refractivity contribution in [2.75, 3.05) is 26.7 Å². The van der Waals surface area contributed by atoms with Crippen LogP contribution in [0.5, 0.6) is 5.75 Å². The van der Waals surface area contributed by atoms with Gasteiger partial charge in [-0.1, -0.05) is 12.1 Å². The number of hydrogen-bond acceptors (Lipinski definition) is 3. The molecule has 0 N–H and O–H groups in total. The molecule has 4 rings (SSSR count). The fourth-order valence-corrected chi connectivity index (χ4v) is 4.88. The van der Waals surface area contributed by atoms with Crippen molar-refractivity contribution in [3.63, 3.8) is 0 Å². The number of carbonyl (C=O) groups excluding carboxylic acids is 2. The number of ether oxygens (including phenoxy) is 1. The van der Waals surface area contributed by atoms with Gasteiger partial charge in [-0.05, 0) is 48.8 Å². The van der Waals surface area contributed by atoms with Crippen molar-refractivity contribution >= 4 is 11.8 Å². The average molecular weight is 342 g/mol. The van der Waals surface area contributed by atoms with E-state index in [4.69, 9.17) is 4.74 Å². The lowest BCUT2D eigenvalue weighted by atomic mass is 9.76. The highest BCUT2D eigenvalue weighted by Crippen LogP contribution is 2.38. The lowest BCUT2D eigenvalue weighted by Crippen LogP contribution is -2.61. The number of fused-ring (bicyclic) bond motifs is 4. The van der Waals surface area contributed by atoms with E-state index in [1.54, 1.807) is 7.11 Å². The molecule has 0 aromatic heterocycles. The van der Waals surface area contributed by atoms with Gasteiger partial charge >= 0.3 is 0 Å². The van der Waals surface area contributed by atoms with Crippen LogP contribution in [0, 0.1) is 11.8 Å². The third-order valence-electron chi connectivity index (χ3n) is 6.02. The zero-order valence-corrected chi connectivity index (χ0v) is 14.8. The summed E-state index contributed by atoms with van der Waals surface area (Å²) in [6, 6.07) is 8.09. The van der Waals surface area contributed by atoms with Crippen LogP contribution in [0.3, 0.4) is 0 Å².